The Kier molecular flexibility index (Phi) is 4.71. The molecule has 0 bridgehead atoms. The summed E-state index contributed by atoms with van der Waals surface area (Å²) >= 11 is 0. The Hall–Kier alpha value is -2.22. The van der Waals surface area contributed by atoms with Crippen LogP contribution in [0.5, 0.6) is 0 Å². The Morgan fingerprint density at radius 2 is 2.17 bits per heavy atom. The predicted octanol–water partition coefficient (Wildman–Crippen LogP) is 1.95. The van der Waals surface area contributed by atoms with E-state index in [9.17, 15) is 0 Å². The van der Waals surface area contributed by atoms with Crippen LogP contribution in [0.2, 0.25) is 0 Å². The van der Waals surface area contributed by atoms with Crippen LogP contribution in [-0.2, 0) is 17.7 Å². The molecular weight excluding hydrogens is 296 g/mol. The van der Waals surface area contributed by atoms with Crippen molar-refractivity contribution in [1.82, 2.24) is 20.1 Å². The quantitative estimate of drug-likeness (QED) is 0.864. The fourth-order valence-electron chi connectivity index (χ4n) is 2.37. The third-order valence-corrected chi connectivity index (χ3v) is 3.65. The molecule has 0 spiro atoms. The SMILES string of the molecule is CCc1cc(NCc2noc(C3CCCO3)n2)nc(N(C)C)n1. The maximum atomic E-state index is 5.54. The summed E-state index contributed by atoms with van der Waals surface area (Å²) in [5.41, 5.74) is 0.986. The van der Waals surface area contributed by atoms with Gasteiger partial charge in [0.05, 0.1) is 6.54 Å². The van der Waals surface area contributed by atoms with Crippen molar-refractivity contribution in [2.45, 2.75) is 38.8 Å². The van der Waals surface area contributed by atoms with Gasteiger partial charge < -0.3 is 19.5 Å². The molecule has 23 heavy (non-hydrogen) atoms. The van der Waals surface area contributed by atoms with Crippen molar-refractivity contribution >= 4 is 11.8 Å². The van der Waals surface area contributed by atoms with Gasteiger partial charge in [0.25, 0.3) is 5.89 Å². The second-order valence-corrected chi connectivity index (χ2v) is 5.70. The van der Waals surface area contributed by atoms with E-state index in [1.165, 1.54) is 0 Å². The number of nitrogens with one attached hydrogen (secondary N) is 1. The highest BCUT2D eigenvalue weighted by Gasteiger charge is 2.23. The first-order chi connectivity index (χ1) is 11.2. The van der Waals surface area contributed by atoms with Crippen molar-refractivity contribution in [2.75, 3.05) is 30.9 Å². The molecule has 1 fully saturated rings. The van der Waals surface area contributed by atoms with Gasteiger partial charge in [0.2, 0.25) is 5.95 Å². The molecule has 1 N–H and O–H groups in total. The largest absolute Gasteiger partial charge is 0.368 e. The van der Waals surface area contributed by atoms with Gasteiger partial charge in [-0.2, -0.15) is 9.97 Å². The smallest absolute Gasteiger partial charge is 0.255 e. The number of ether oxygens (including phenoxy) is 1. The standard InChI is InChI=1S/C15H22N6O2/c1-4-10-8-12(19-15(17-10)21(2)3)16-9-13-18-14(23-20-13)11-6-5-7-22-11/h8,11H,4-7,9H2,1-3H3,(H,16,17,19). The molecule has 2 aromatic heterocycles. The van der Waals surface area contributed by atoms with Crippen molar-refractivity contribution < 1.29 is 9.26 Å². The average molecular weight is 318 g/mol. The van der Waals surface area contributed by atoms with Crippen LogP contribution in [0.1, 0.15) is 43.3 Å². The van der Waals surface area contributed by atoms with Crippen molar-refractivity contribution in [1.29, 1.82) is 0 Å². The molecule has 0 amide bonds. The summed E-state index contributed by atoms with van der Waals surface area (Å²) in [6, 6.07) is 1.94. The first kappa shape index (κ1) is 15.7. The lowest BCUT2D eigenvalue weighted by atomic mass is 10.2. The zero-order chi connectivity index (χ0) is 16.2. The fourth-order valence-corrected chi connectivity index (χ4v) is 2.37. The molecular formula is C15H22N6O2. The Morgan fingerprint density at radius 3 is 2.87 bits per heavy atom. The van der Waals surface area contributed by atoms with Crippen LogP contribution >= 0.6 is 0 Å². The minimum absolute atomic E-state index is 0.0534. The molecule has 0 aromatic carbocycles. The van der Waals surface area contributed by atoms with Gasteiger partial charge in [-0.15, -0.1) is 0 Å². The fraction of sp³-hybridized carbons (Fsp3) is 0.600. The van der Waals surface area contributed by atoms with Crippen molar-refractivity contribution in [2.24, 2.45) is 0 Å². The van der Waals surface area contributed by atoms with Crippen LogP contribution < -0.4 is 10.2 Å². The number of anilines is 2. The highest BCUT2D eigenvalue weighted by Crippen LogP contribution is 2.27. The van der Waals surface area contributed by atoms with Crippen LogP contribution in [0.3, 0.4) is 0 Å². The summed E-state index contributed by atoms with van der Waals surface area (Å²) in [5.74, 6) is 2.59. The molecule has 8 nitrogen and oxygen atoms in total. The molecule has 0 aliphatic carbocycles. The van der Waals surface area contributed by atoms with E-state index in [0.717, 1.165) is 37.4 Å². The van der Waals surface area contributed by atoms with Gasteiger partial charge in [-0.1, -0.05) is 12.1 Å². The summed E-state index contributed by atoms with van der Waals surface area (Å²) in [4.78, 5) is 15.2. The number of nitrogens with zero attached hydrogens (tertiary/aromatic N) is 5. The first-order valence-corrected chi connectivity index (χ1v) is 7.89. The van der Waals surface area contributed by atoms with Gasteiger partial charge in [0, 0.05) is 32.5 Å². The second-order valence-electron chi connectivity index (χ2n) is 5.70. The highest BCUT2D eigenvalue weighted by molar-refractivity contribution is 5.43. The molecule has 8 heteroatoms. The van der Waals surface area contributed by atoms with Gasteiger partial charge >= 0.3 is 0 Å². The topological polar surface area (TPSA) is 89.2 Å². The third kappa shape index (κ3) is 3.76. The van der Waals surface area contributed by atoms with E-state index in [1.807, 2.05) is 25.1 Å². The van der Waals surface area contributed by atoms with Gasteiger partial charge in [0.15, 0.2) is 5.82 Å². The van der Waals surface area contributed by atoms with Crippen LogP contribution in [-0.4, -0.2) is 40.8 Å². The average Bonchev–Trinajstić information content (AvgIpc) is 3.23. The molecule has 0 saturated carbocycles. The monoisotopic (exact) mass is 318 g/mol. The van der Waals surface area contributed by atoms with Crippen LogP contribution in [0.25, 0.3) is 0 Å². The summed E-state index contributed by atoms with van der Waals surface area (Å²) in [7, 11) is 3.84. The number of aryl methyl sites for hydroxylation is 1. The number of rotatable bonds is 6. The Bertz CT molecular complexity index is 651. The summed E-state index contributed by atoms with van der Waals surface area (Å²) in [5, 5.41) is 7.22. The molecule has 1 aliphatic heterocycles. The van der Waals surface area contributed by atoms with Crippen molar-refractivity contribution in [3.8, 4) is 0 Å². The van der Waals surface area contributed by atoms with Crippen LogP contribution in [0, 0.1) is 0 Å². The van der Waals surface area contributed by atoms with Gasteiger partial charge in [0.1, 0.15) is 11.9 Å². The lowest BCUT2D eigenvalue weighted by molar-refractivity contribution is 0.0835. The van der Waals surface area contributed by atoms with Crippen molar-refractivity contribution in [3.63, 3.8) is 0 Å². The maximum Gasteiger partial charge on any atom is 0.255 e. The van der Waals surface area contributed by atoms with E-state index in [1.54, 1.807) is 0 Å². The number of hydrogen-bond acceptors (Lipinski definition) is 8. The summed E-state index contributed by atoms with van der Waals surface area (Å²) < 4.78 is 10.8. The minimum atomic E-state index is -0.0534. The number of aromatic nitrogens is 4. The maximum absolute atomic E-state index is 5.54. The first-order valence-electron chi connectivity index (χ1n) is 7.89. The predicted molar refractivity (Wildman–Crippen MR) is 85.3 cm³/mol. The summed E-state index contributed by atoms with van der Waals surface area (Å²) in [6.45, 7) is 3.27. The van der Waals surface area contributed by atoms with Crippen LogP contribution in [0.15, 0.2) is 10.6 Å². The van der Waals surface area contributed by atoms with E-state index in [0.29, 0.717) is 24.2 Å². The van der Waals surface area contributed by atoms with Crippen LogP contribution in [0.4, 0.5) is 11.8 Å². The molecule has 1 unspecified atom stereocenters. The second kappa shape index (κ2) is 6.91. The lowest BCUT2D eigenvalue weighted by Crippen LogP contribution is -2.15. The minimum Gasteiger partial charge on any atom is -0.368 e. The lowest BCUT2D eigenvalue weighted by Gasteiger charge is -2.13. The zero-order valence-corrected chi connectivity index (χ0v) is 13.7. The van der Waals surface area contributed by atoms with E-state index in [-0.39, 0.29) is 6.10 Å². The Balaban J connectivity index is 1.67. The zero-order valence-electron chi connectivity index (χ0n) is 13.7. The van der Waals surface area contributed by atoms with E-state index in [4.69, 9.17) is 9.26 Å². The third-order valence-electron chi connectivity index (χ3n) is 3.65. The molecule has 1 saturated heterocycles. The molecule has 3 rings (SSSR count). The van der Waals surface area contributed by atoms with Gasteiger partial charge in [-0.3, -0.25) is 0 Å². The van der Waals surface area contributed by atoms with Gasteiger partial charge in [-0.05, 0) is 19.3 Å². The molecule has 2 aromatic rings. The Labute approximate surface area is 135 Å². The van der Waals surface area contributed by atoms with Crippen molar-refractivity contribution in [3.05, 3.63) is 23.5 Å². The Morgan fingerprint density at radius 1 is 1.30 bits per heavy atom. The van der Waals surface area contributed by atoms with E-state index >= 15 is 0 Å². The van der Waals surface area contributed by atoms with E-state index in [2.05, 4.69) is 32.3 Å². The van der Waals surface area contributed by atoms with Gasteiger partial charge in [-0.25, -0.2) is 4.98 Å². The molecule has 1 atom stereocenters. The summed E-state index contributed by atoms with van der Waals surface area (Å²) in [6.07, 6.45) is 2.77. The molecule has 124 valence electrons. The number of hydrogen-bond donors (Lipinski definition) is 1. The molecule has 0 radical (unpaired) electrons. The normalized spacial score (nSPS) is 17.4. The van der Waals surface area contributed by atoms with E-state index < -0.39 is 0 Å². The molecule has 3 heterocycles. The highest BCUT2D eigenvalue weighted by atomic mass is 16.5. The molecule has 1 aliphatic rings.